The molecule has 1 atom stereocenters. The Balaban J connectivity index is 1.50. The number of carbonyl (C=O) groups is 2. The highest BCUT2D eigenvalue weighted by Crippen LogP contribution is 2.49. The fourth-order valence-electron chi connectivity index (χ4n) is 4.25. The molecule has 23 heavy (non-hydrogen) atoms. The van der Waals surface area contributed by atoms with Crippen LogP contribution in [0, 0.1) is 5.41 Å². The summed E-state index contributed by atoms with van der Waals surface area (Å²) >= 11 is 0. The predicted octanol–water partition coefficient (Wildman–Crippen LogP) is 0.777. The van der Waals surface area contributed by atoms with E-state index in [1.165, 1.54) is 4.90 Å². The zero-order chi connectivity index (χ0) is 16.4. The maximum absolute atomic E-state index is 12.5. The lowest BCUT2D eigenvalue weighted by molar-refractivity contribution is -0.145. The molecule has 3 aliphatic rings. The quantitative estimate of drug-likeness (QED) is 0.829. The highest BCUT2D eigenvalue weighted by atomic mass is 16.5. The maximum atomic E-state index is 12.5. The standard InChI is InChI=1S/C17H28N2O4/c1-2-23-13-9-17(10-13)6-8-19(12-17)15(21)11-18-7-4-3-5-14(20)16(18)22/h13-14,20H,2-12H2,1H3. The Morgan fingerprint density at radius 1 is 1.35 bits per heavy atom. The molecule has 0 bridgehead atoms. The van der Waals surface area contributed by atoms with Crippen molar-refractivity contribution < 1.29 is 19.4 Å². The van der Waals surface area contributed by atoms with Crippen molar-refractivity contribution in [2.24, 2.45) is 5.41 Å². The van der Waals surface area contributed by atoms with Crippen LogP contribution in [-0.4, -0.2) is 71.7 Å². The fourth-order valence-corrected chi connectivity index (χ4v) is 4.25. The molecule has 1 aliphatic carbocycles. The molecule has 3 fully saturated rings. The van der Waals surface area contributed by atoms with Gasteiger partial charge in [-0.25, -0.2) is 0 Å². The Morgan fingerprint density at radius 3 is 2.87 bits per heavy atom. The smallest absolute Gasteiger partial charge is 0.251 e. The number of hydrogen-bond donors (Lipinski definition) is 1. The van der Waals surface area contributed by atoms with Gasteiger partial charge in [0.25, 0.3) is 5.91 Å². The van der Waals surface area contributed by atoms with E-state index in [0.29, 0.717) is 19.1 Å². The average Bonchev–Trinajstić information content (AvgIpc) is 2.88. The van der Waals surface area contributed by atoms with E-state index in [9.17, 15) is 14.7 Å². The summed E-state index contributed by atoms with van der Waals surface area (Å²) in [5.41, 5.74) is 0.248. The molecule has 130 valence electrons. The van der Waals surface area contributed by atoms with Gasteiger partial charge >= 0.3 is 0 Å². The summed E-state index contributed by atoms with van der Waals surface area (Å²) in [6.45, 7) is 5.03. The summed E-state index contributed by atoms with van der Waals surface area (Å²) in [4.78, 5) is 28.1. The molecular weight excluding hydrogens is 296 g/mol. The van der Waals surface area contributed by atoms with Gasteiger partial charge in [0.05, 0.1) is 12.6 Å². The Bertz CT molecular complexity index is 462. The van der Waals surface area contributed by atoms with Gasteiger partial charge in [0.2, 0.25) is 5.91 Å². The van der Waals surface area contributed by atoms with Crippen molar-refractivity contribution in [1.29, 1.82) is 0 Å². The maximum Gasteiger partial charge on any atom is 0.251 e. The van der Waals surface area contributed by atoms with Gasteiger partial charge in [0.15, 0.2) is 0 Å². The van der Waals surface area contributed by atoms with Crippen LogP contribution in [0.1, 0.15) is 45.4 Å². The summed E-state index contributed by atoms with van der Waals surface area (Å²) in [7, 11) is 0. The van der Waals surface area contributed by atoms with Gasteiger partial charge < -0.3 is 19.6 Å². The van der Waals surface area contributed by atoms with E-state index in [4.69, 9.17) is 4.74 Å². The van der Waals surface area contributed by atoms with Gasteiger partial charge in [-0.1, -0.05) is 0 Å². The second-order valence-corrected chi connectivity index (χ2v) is 7.32. The van der Waals surface area contributed by atoms with Crippen LogP contribution < -0.4 is 0 Å². The molecule has 1 unspecified atom stereocenters. The molecule has 1 saturated carbocycles. The van der Waals surface area contributed by atoms with Crippen molar-refractivity contribution in [3.8, 4) is 0 Å². The topological polar surface area (TPSA) is 70.1 Å². The minimum absolute atomic E-state index is 0.0178. The second kappa shape index (κ2) is 6.77. The van der Waals surface area contributed by atoms with E-state index in [-0.39, 0.29) is 23.8 Å². The van der Waals surface area contributed by atoms with Gasteiger partial charge in [0.1, 0.15) is 6.10 Å². The predicted molar refractivity (Wildman–Crippen MR) is 84.7 cm³/mol. The number of ether oxygens (including phenoxy) is 1. The Hall–Kier alpha value is -1.14. The molecule has 2 heterocycles. The first-order valence-electron chi connectivity index (χ1n) is 8.89. The lowest BCUT2D eigenvalue weighted by Crippen LogP contribution is -2.48. The SMILES string of the molecule is CCOC1CC2(CCN(C(=O)CN3CCCCC(O)C3=O)C2)C1. The van der Waals surface area contributed by atoms with Gasteiger partial charge in [0, 0.05) is 26.2 Å². The number of aliphatic hydroxyl groups excluding tert-OH is 1. The molecular formula is C17H28N2O4. The van der Waals surface area contributed by atoms with Crippen molar-refractivity contribution >= 4 is 11.8 Å². The summed E-state index contributed by atoms with van der Waals surface area (Å²) in [6, 6.07) is 0. The van der Waals surface area contributed by atoms with Gasteiger partial charge in [-0.05, 0) is 50.9 Å². The van der Waals surface area contributed by atoms with Crippen LogP contribution in [-0.2, 0) is 14.3 Å². The summed E-state index contributed by atoms with van der Waals surface area (Å²) < 4.78 is 5.64. The highest BCUT2D eigenvalue weighted by molar-refractivity contribution is 5.87. The van der Waals surface area contributed by atoms with Crippen LogP contribution in [0.3, 0.4) is 0 Å². The minimum atomic E-state index is -0.936. The zero-order valence-corrected chi connectivity index (χ0v) is 14.0. The first-order chi connectivity index (χ1) is 11.0. The molecule has 2 aliphatic heterocycles. The van der Waals surface area contributed by atoms with Crippen molar-refractivity contribution in [3.63, 3.8) is 0 Å². The van der Waals surface area contributed by atoms with Gasteiger partial charge in [-0.3, -0.25) is 9.59 Å². The lowest BCUT2D eigenvalue weighted by atomic mass is 9.66. The third-order valence-electron chi connectivity index (χ3n) is 5.59. The number of rotatable bonds is 4. The second-order valence-electron chi connectivity index (χ2n) is 7.32. The van der Waals surface area contributed by atoms with Crippen molar-refractivity contribution in [2.75, 3.05) is 32.8 Å². The Kier molecular flexibility index (Phi) is 4.92. The molecule has 1 N–H and O–H groups in total. The normalized spacial score (nSPS) is 34.6. The Morgan fingerprint density at radius 2 is 2.13 bits per heavy atom. The summed E-state index contributed by atoms with van der Waals surface area (Å²) in [5, 5.41) is 9.79. The molecule has 6 nitrogen and oxygen atoms in total. The largest absolute Gasteiger partial charge is 0.383 e. The molecule has 2 amide bonds. The number of nitrogens with zero attached hydrogens (tertiary/aromatic N) is 2. The van der Waals surface area contributed by atoms with E-state index in [1.807, 2.05) is 11.8 Å². The van der Waals surface area contributed by atoms with Gasteiger partial charge in [-0.2, -0.15) is 0 Å². The number of aliphatic hydroxyl groups is 1. The highest BCUT2D eigenvalue weighted by Gasteiger charge is 2.49. The molecule has 2 saturated heterocycles. The minimum Gasteiger partial charge on any atom is -0.383 e. The van der Waals surface area contributed by atoms with Crippen LogP contribution in [0.5, 0.6) is 0 Å². The van der Waals surface area contributed by atoms with Crippen LogP contribution in [0.4, 0.5) is 0 Å². The van der Waals surface area contributed by atoms with E-state index < -0.39 is 6.10 Å². The summed E-state index contributed by atoms with van der Waals surface area (Å²) in [5.74, 6) is -0.269. The van der Waals surface area contributed by atoms with Crippen molar-refractivity contribution in [2.45, 2.75) is 57.7 Å². The van der Waals surface area contributed by atoms with Crippen molar-refractivity contribution in [3.05, 3.63) is 0 Å². The number of hydrogen-bond acceptors (Lipinski definition) is 4. The fraction of sp³-hybridized carbons (Fsp3) is 0.882. The molecule has 0 aromatic rings. The van der Waals surface area contributed by atoms with Crippen LogP contribution in [0.25, 0.3) is 0 Å². The monoisotopic (exact) mass is 324 g/mol. The molecule has 0 aromatic carbocycles. The first-order valence-corrected chi connectivity index (χ1v) is 8.89. The van der Waals surface area contributed by atoms with Crippen LogP contribution >= 0.6 is 0 Å². The van der Waals surface area contributed by atoms with E-state index in [1.54, 1.807) is 0 Å². The van der Waals surface area contributed by atoms with Crippen LogP contribution in [0.15, 0.2) is 0 Å². The molecule has 6 heteroatoms. The summed E-state index contributed by atoms with van der Waals surface area (Å²) in [6.07, 6.45) is 4.76. The van der Waals surface area contributed by atoms with Crippen molar-refractivity contribution in [1.82, 2.24) is 9.80 Å². The number of amides is 2. The number of carbonyl (C=O) groups excluding carboxylic acids is 2. The first kappa shape index (κ1) is 16.7. The lowest BCUT2D eigenvalue weighted by Gasteiger charge is -2.44. The van der Waals surface area contributed by atoms with Gasteiger partial charge in [-0.15, -0.1) is 0 Å². The Labute approximate surface area is 137 Å². The van der Waals surface area contributed by atoms with E-state index in [2.05, 4.69) is 0 Å². The molecule has 0 radical (unpaired) electrons. The van der Waals surface area contributed by atoms with E-state index >= 15 is 0 Å². The third-order valence-corrected chi connectivity index (χ3v) is 5.59. The molecule has 3 rings (SSSR count). The average molecular weight is 324 g/mol. The van der Waals surface area contributed by atoms with Crippen LogP contribution in [0.2, 0.25) is 0 Å². The molecule has 0 aromatic heterocycles. The van der Waals surface area contributed by atoms with E-state index in [0.717, 1.165) is 51.8 Å². The zero-order valence-electron chi connectivity index (χ0n) is 14.0. The third kappa shape index (κ3) is 3.53. The molecule has 1 spiro atoms. The number of likely N-dealkylation sites (tertiary alicyclic amines) is 2.